The summed E-state index contributed by atoms with van der Waals surface area (Å²) in [4.78, 5) is 22.9. The number of carbonyl (C=O) groups is 1. The molecule has 2 aromatic carbocycles. The van der Waals surface area contributed by atoms with Crippen molar-refractivity contribution in [3.8, 4) is 0 Å². The Labute approximate surface area is 133 Å². The summed E-state index contributed by atoms with van der Waals surface area (Å²) in [5.74, 6) is -0.418. The molecule has 0 spiro atoms. The van der Waals surface area contributed by atoms with E-state index in [1.54, 1.807) is 6.07 Å². The number of anilines is 2. The van der Waals surface area contributed by atoms with E-state index in [1.165, 1.54) is 18.2 Å². The van der Waals surface area contributed by atoms with Crippen LogP contribution in [0.4, 0.5) is 17.1 Å². The minimum atomic E-state index is -0.532. The standard InChI is InChI=1S/C16H18N4O3/c1-11-3-2-4-12(9-11)19-16(21)14-10-13(20(22)23)5-6-15(14)18-8-7-17/h2-6,9-10,18H,7-8,17H2,1H3,(H,19,21). The van der Waals surface area contributed by atoms with Gasteiger partial charge in [0.1, 0.15) is 0 Å². The SMILES string of the molecule is Cc1cccc(NC(=O)c2cc([N+](=O)[O-])ccc2NCCN)c1. The highest BCUT2D eigenvalue weighted by molar-refractivity contribution is 6.08. The van der Waals surface area contributed by atoms with Crippen molar-refractivity contribution < 1.29 is 9.72 Å². The fraction of sp³-hybridized carbons (Fsp3) is 0.188. The Balaban J connectivity index is 2.31. The van der Waals surface area contributed by atoms with Gasteiger partial charge in [0.2, 0.25) is 0 Å². The smallest absolute Gasteiger partial charge is 0.270 e. The lowest BCUT2D eigenvalue weighted by Gasteiger charge is -2.12. The van der Waals surface area contributed by atoms with Gasteiger partial charge in [-0.25, -0.2) is 0 Å². The van der Waals surface area contributed by atoms with Crippen molar-refractivity contribution in [1.82, 2.24) is 0 Å². The van der Waals surface area contributed by atoms with Crippen molar-refractivity contribution in [3.05, 3.63) is 63.7 Å². The Morgan fingerprint density at radius 1 is 1.26 bits per heavy atom. The van der Waals surface area contributed by atoms with E-state index in [2.05, 4.69) is 10.6 Å². The van der Waals surface area contributed by atoms with E-state index in [0.717, 1.165) is 5.56 Å². The Morgan fingerprint density at radius 2 is 2.04 bits per heavy atom. The van der Waals surface area contributed by atoms with Crippen LogP contribution in [-0.4, -0.2) is 23.9 Å². The lowest BCUT2D eigenvalue weighted by molar-refractivity contribution is -0.384. The van der Waals surface area contributed by atoms with Gasteiger partial charge >= 0.3 is 0 Å². The molecule has 0 atom stereocenters. The molecule has 0 heterocycles. The first-order chi connectivity index (χ1) is 11.0. The fourth-order valence-electron chi connectivity index (χ4n) is 2.12. The third kappa shape index (κ3) is 4.27. The van der Waals surface area contributed by atoms with Crippen molar-refractivity contribution in [2.45, 2.75) is 6.92 Å². The average Bonchev–Trinajstić information content (AvgIpc) is 2.52. The molecule has 7 heteroatoms. The maximum Gasteiger partial charge on any atom is 0.270 e. The molecule has 0 saturated heterocycles. The lowest BCUT2D eigenvalue weighted by Crippen LogP contribution is -2.18. The van der Waals surface area contributed by atoms with Gasteiger partial charge in [0.15, 0.2) is 0 Å². The lowest BCUT2D eigenvalue weighted by atomic mass is 10.1. The monoisotopic (exact) mass is 314 g/mol. The zero-order chi connectivity index (χ0) is 16.8. The number of rotatable bonds is 6. The minimum Gasteiger partial charge on any atom is -0.383 e. The fourth-order valence-corrected chi connectivity index (χ4v) is 2.12. The molecule has 0 saturated carbocycles. The quantitative estimate of drug-likeness (QED) is 0.560. The van der Waals surface area contributed by atoms with Gasteiger partial charge in [0.25, 0.3) is 11.6 Å². The number of amides is 1. The molecule has 0 aromatic heterocycles. The zero-order valence-electron chi connectivity index (χ0n) is 12.7. The molecule has 0 aliphatic rings. The molecule has 7 nitrogen and oxygen atoms in total. The molecule has 4 N–H and O–H groups in total. The number of nitro benzene ring substituents is 1. The maximum atomic E-state index is 12.5. The highest BCUT2D eigenvalue weighted by atomic mass is 16.6. The van der Waals surface area contributed by atoms with Gasteiger partial charge in [-0.1, -0.05) is 12.1 Å². The van der Waals surface area contributed by atoms with Crippen LogP contribution in [0, 0.1) is 17.0 Å². The van der Waals surface area contributed by atoms with Gasteiger partial charge in [0, 0.05) is 36.6 Å². The van der Waals surface area contributed by atoms with Crippen LogP contribution in [0.25, 0.3) is 0 Å². The Kier molecular flexibility index (Phi) is 5.27. The molecule has 2 rings (SSSR count). The molecule has 0 radical (unpaired) electrons. The number of non-ortho nitro benzene ring substituents is 1. The number of nitrogens with two attached hydrogens (primary N) is 1. The van der Waals surface area contributed by atoms with Crippen LogP contribution in [0.5, 0.6) is 0 Å². The van der Waals surface area contributed by atoms with Crippen LogP contribution in [0.2, 0.25) is 0 Å². The number of nitro groups is 1. The Hall–Kier alpha value is -2.93. The van der Waals surface area contributed by atoms with E-state index in [1.807, 2.05) is 25.1 Å². The van der Waals surface area contributed by atoms with Crippen molar-refractivity contribution in [2.24, 2.45) is 5.73 Å². The van der Waals surface area contributed by atoms with Gasteiger partial charge in [-0.15, -0.1) is 0 Å². The molecular weight excluding hydrogens is 296 g/mol. The second-order valence-electron chi connectivity index (χ2n) is 5.03. The van der Waals surface area contributed by atoms with Crippen molar-refractivity contribution in [1.29, 1.82) is 0 Å². The van der Waals surface area contributed by atoms with Gasteiger partial charge in [-0.2, -0.15) is 0 Å². The highest BCUT2D eigenvalue weighted by Gasteiger charge is 2.17. The molecule has 0 fully saturated rings. The summed E-state index contributed by atoms with van der Waals surface area (Å²) in [6, 6.07) is 11.4. The predicted octanol–water partition coefficient (Wildman–Crippen LogP) is 2.53. The van der Waals surface area contributed by atoms with Crippen LogP contribution in [0.3, 0.4) is 0 Å². The van der Waals surface area contributed by atoms with E-state index in [-0.39, 0.29) is 11.3 Å². The van der Waals surface area contributed by atoms with Crippen LogP contribution in [0.15, 0.2) is 42.5 Å². The van der Waals surface area contributed by atoms with Gasteiger partial charge in [-0.3, -0.25) is 14.9 Å². The normalized spacial score (nSPS) is 10.2. The summed E-state index contributed by atoms with van der Waals surface area (Å²) in [5.41, 5.74) is 7.65. The van der Waals surface area contributed by atoms with Crippen LogP contribution >= 0.6 is 0 Å². The van der Waals surface area contributed by atoms with Crippen molar-refractivity contribution in [3.63, 3.8) is 0 Å². The molecule has 120 valence electrons. The van der Waals surface area contributed by atoms with E-state index < -0.39 is 10.8 Å². The summed E-state index contributed by atoms with van der Waals surface area (Å²) < 4.78 is 0. The van der Waals surface area contributed by atoms with Gasteiger partial charge in [0.05, 0.1) is 10.5 Å². The van der Waals surface area contributed by atoms with E-state index in [0.29, 0.717) is 24.5 Å². The number of benzene rings is 2. The largest absolute Gasteiger partial charge is 0.383 e. The molecule has 0 aliphatic carbocycles. The molecule has 2 aromatic rings. The number of hydrogen-bond acceptors (Lipinski definition) is 5. The third-order valence-electron chi connectivity index (χ3n) is 3.19. The van der Waals surface area contributed by atoms with Crippen LogP contribution in [0.1, 0.15) is 15.9 Å². The molecule has 0 bridgehead atoms. The Morgan fingerprint density at radius 3 is 2.70 bits per heavy atom. The van der Waals surface area contributed by atoms with Crippen LogP contribution < -0.4 is 16.4 Å². The number of hydrogen-bond donors (Lipinski definition) is 3. The Bertz CT molecular complexity index is 731. The number of aryl methyl sites for hydroxylation is 1. The number of nitrogens with one attached hydrogen (secondary N) is 2. The third-order valence-corrected chi connectivity index (χ3v) is 3.19. The maximum absolute atomic E-state index is 12.5. The summed E-state index contributed by atoms with van der Waals surface area (Å²) in [6.45, 7) is 2.76. The highest BCUT2D eigenvalue weighted by Crippen LogP contribution is 2.23. The number of nitrogens with zero attached hydrogens (tertiary/aromatic N) is 1. The average molecular weight is 314 g/mol. The first-order valence-corrected chi connectivity index (χ1v) is 7.11. The molecule has 0 unspecified atom stereocenters. The second kappa shape index (κ2) is 7.37. The summed E-state index contributed by atoms with van der Waals surface area (Å²) >= 11 is 0. The topological polar surface area (TPSA) is 110 Å². The summed E-state index contributed by atoms with van der Waals surface area (Å²) in [7, 11) is 0. The molecular formula is C16H18N4O3. The first-order valence-electron chi connectivity index (χ1n) is 7.11. The van der Waals surface area contributed by atoms with E-state index in [4.69, 9.17) is 5.73 Å². The van der Waals surface area contributed by atoms with Crippen LogP contribution in [-0.2, 0) is 0 Å². The van der Waals surface area contributed by atoms with E-state index in [9.17, 15) is 14.9 Å². The summed E-state index contributed by atoms with van der Waals surface area (Å²) in [5, 5.41) is 16.7. The molecule has 0 aliphatic heterocycles. The number of carbonyl (C=O) groups excluding carboxylic acids is 1. The molecule has 23 heavy (non-hydrogen) atoms. The van der Waals surface area contributed by atoms with Crippen molar-refractivity contribution >= 4 is 23.0 Å². The van der Waals surface area contributed by atoms with E-state index >= 15 is 0 Å². The molecule has 1 amide bonds. The second-order valence-corrected chi connectivity index (χ2v) is 5.03. The first kappa shape index (κ1) is 16.4. The predicted molar refractivity (Wildman–Crippen MR) is 89.8 cm³/mol. The van der Waals surface area contributed by atoms with Gasteiger partial charge in [-0.05, 0) is 30.7 Å². The summed E-state index contributed by atoms with van der Waals surface area (Å²) in [6.07, 6.45) is 0. The minimum absolute atomic E-state index is 0.141. The van der Waals surface area contributed by atoms with Gasteiger partial charge < -0.3 is 16.4 Å². The zero-order valence-corrected chi connectivity index (χ0v) is 12.7. The van der Waals surface area contributed by atoms with Crippen molar-refractivity contribution in [2.75, 3.05) is 23.7 Å².